The second kappa shape index (κ2) is 5.69. The van der Waals surface area contributed by atoms with E-state index in [4.69, 9.17) is 17.3 Å². The summed E-state index contributed by atoms with van der Waals surface area (Å²) in [4.78, 5) is 13.8. The lowest BCUT2D eigenvalue weighted by molar-refractivity contribution is -0.134. The monoisotopic (exact) mass is 268 g/mol. The van der Waals surface area contributed by atoms with E-state index in [1.165, 1.54) is 0 Å². The predicted molar refractivity (Wildman–Crippen MR) is 70.2 cm³/mol. The van der Waals surface area contributed by atoms with Crippen LogP contribution in [0.5, 0.6) is 0 Å². The van der Waals surface area contributed by atoms with E-state index in [1.807, 2.05) is 0 Å². The maximum Gasteiger partial charge on any atom is 0.242 e. The van der Waals surface area contributed by atoms with E-state index in [2.05, 4.69) is 0 Å². The zero-order valence-corrected chi connectivity index (χ0v) is 10.8. The third kappa shape index (κ3) is 2.83. The van der Waals surface area contributed by atoms with Crippen LogP contribution in [-0.2, 0) is 4.79 Å². The quantitative estimate of drug-likeness (QED) is 0.869. The van der Waals surface area contributed by atoms with Crippen LogP contribution in [0.4, 0.5) is 0 Å². The number of amides is 1. The average molecular weight is 269 g/mol. The molecule has 1 aliphatic heterocycles. The fourth-order valence-electron chi connectivity index (χ4n) is 2.15. The van der Waals surface area contributed by atoms with Crippen LogP contribution in [0.15, 0.2) is 24.3 Å². The third-order valence-corrected chi connectivity index (χ3v) is 3.51. The molecule has 98 valence electrons. The summed E-state index contributed by atoms with van der Waals surface area (Å²) in [5.74, 6) is -0.185. The minimum absolute atomic E-state index is 0.185. The number of hydrogen-bond acceptors (Lipinski definition) is 3. The summed E-state index contributed by atoms with van der Waals surface area (Å²) in [5, 5.41) is 10.7. The minimum atomic E-state index is -0.990. The number of rotatable bonds is 3. The van der Waals surface area contributed by atoms with Gasteiger partial charge in [-0.2, -0.15) is 0 Å². The van der Waals surface area contributed by atoms with Gasteiger partial charge in [0.2, 0.25) is 5.91 Å². The van der Waals surface area contributed by atoms with E-state index in [9.17, 15) is 9.90 Å². The number of hydrogen-bond donors (Lipinski definition) is 2. The van der Waals surface area contributed by atoms with Crippen molar-refractivity contribution < 1.29 is 9.90 Å². The summed E-state index contributed by atoms with van der Waals surface area (Å²) in [6, 6.07) is 5.80. The van der Waals surface area contributed by atoms with Crippen molar-refractivity contribution in [3.63, 3.8) is 0 Å². The summed E-state index contributed by atoms with van der Waals surface area (Å²) in [6.07, 6.45) is 1.03. The number of halogens is 1. The van der Waals surface area contributed by atoms with Gasteiger partial charge in [-0.1, -0.05) is 23.7 Å². The van der Waals surface area contributed by atoms with Crippen LogP contribution in [0.3, 0.4) is 0 Å². The summed E-state index contributed by atoms with van der Waals surface area (Å²) in [6.45, 7) is 1.47. The summed E-state index contributed by atoms with van der Waals surface area (Å²) >= 11 is 5.77. The van der Waals surface area contributed by atoms with Gasteiger partial charge < -0.3 is 15.7 Å². The van der Waals surface area contributed by atoms with Gasteiger partial charge in [0, 0.05) is 18.1 Å². The Morgan fingerprint density at radius 3 is 2.39 bits per heavy atom. The predicted octanol–water partition coefficient (Wildman–Crippen LogP) is 1.32. The fourth-order valence-corrected chi connectivity index (χ4v) is 2.28. The van der Waals surface area contributed by atoms with Gasteiger partial charge in [0.05, 0.1) is 0 Å². The standard InChI is InChI=1S/C13H17ClN2O2/c14-10-5-3-9(4-6-10)12(17)11(15)13(18)16-7-1-2-8-16/h3-6,11-12,17H,1-2,7-8,15H2/t11-,12+/m1/s1. The smallest absolute Gasteiger partial charge is 0.242 e. The first-order valence-electron chi connectivity index (χ1n) is 6.07. The van der Waals surface area contributed by atoms with E-state index in [0.29, 0.717) is 10.6 Å². The molecular weight excluding hydrogens is 252 g/mol. The molecule has 2 rings (SSSR count). The van der Waals surface area contributed by atoms with Crippen molar-refractivity contribution in [2.24, 2.45) is 5.73 Å². The highest BCUT2D eigenvalue weighted by molar-refractivity contribution is 6.30. The number of nitrogens with two attached hydrogens (primary N) is 1. The highest BCUT2D eigenvalue weighted by Crippen LogP contribution is 2.20. The second-order valence-corrected chi connectivity index (χ2v) is 4.99. The molecule has 4 nitrogen and oxygen atoms in total. The Kier molecular flexibility index (Phi) is 4.22. The molecule has 1 aromatic rings. The molecule has 0 spiro atoms. The first-order chi connectivity index (χ1) is 8.59. The van der Waals surface area contributed by atoms with Crippen molar-refractivity contribution in [2.75, 3.05) is 13.1 Å². The molecule has 5 heteroatoms. The molecule has 1 aliphatic rings. The molecule has 0 bridgehead atoms. The topological polar surface area (TPSA) is 66.6 Å². The Bertz CT molecular complexity index is 416. The molecular formula is C13H17ClN2O2. The van der Waals surface area contributed by atoms with Crippen LogP contribution >= 0.6 is 11.6 Å². The fraction of sp³-hybridized carbons (Fsp3) is 0.462. The number of aliphatic hydroxyl groups excluding tert-OH is 1. The van der Waals surface area contributed by atoms with Crippen LogP contribution in [-0.4, -0.2) is 35.0 Å². The molecule has 0 radical (unpaired) electrons. The Hall–Kier alpha value is -1.10. The van der Waals surface area contributed by atoms with Gasteiger partial charge in [0.25, 0.3) is 0 Å². The molecule has 1 heterocycles. The summed E-state index contributed by atoms with van der Waals surface area (Å²) in [5.41, 5.74) is 6.45. The largest absolute Gasteiger partial charge is 0.386 e. The molecule has 0 saturated carbocycles. The van der Waals surface area contributed by atoms with Gasteiger partial charge in [-0.3, -0.25) is 4.79 Å². The summed E-state index contributed by atoms with van der Waals surface area (Å²) in [7, 11) is 0. The highest BCUT2D eigenvalue weighted by atomic mass is 35.5. The molecule has 1 saturated heterocycles. The number of carbonyl (C=O) groups excluding carboxylic acids is 1. The Morgan fingerprint density at radius 1 is 1.28 bits per heavy atom. The zero-order valence-electron chi connectivity index (χ0n) is 10.1. The van der Waals surface area contributed by atoms with Crippen LogP contribution in [0, 0.1) is 0 Å². The average Bonchev–Trinajstić information content (AvgIpc) is 2.91. The number of aliphatic hydroxyl groups is 1. The van der Waals surface area contributed by atoms with Gasteiger partial charge in [-0.05, 0) is 30.5 Å². The third-order valence-electron chi connectivity index (χ3n) is 3.25. The van der Waals surface area contributed by atoms with E-state index in [1.54, 1.807) is 29.2 Å². The van der Waals surface area contributed by atoms with Gasteiger partial charge in [0.15, 0.2) is 0 Å². The lowest BCUT2D eigenvalue weighted by Gasteiger charge is -2.24. The SMILES string of the molecule is N[C@@H](C(=O)N1CCCC1)[C@@H](O)c1ccc(Cl)cc1. The molecule has 3 N–H and O–H groups in total. The molecule has 0 aliphatic carbocycles. The van der Waals surface area contributed by atoms with E-state index in [0.717, 1.165) is 25.9 Å². The zero-order chi connectivity index (χ0) is 13.1. The van der Waals surface area contributed by atoms with Gasteiger partial charge >= 0.3 is 0 Å². The molecule has 18 heavy (non-hydrogen) atoms. The van der Waals surface area contributed by atoms with Gasteiger partial charge in [-0.15, -0.1) is 0 Å². The number of benzene rings is 1. The van der Waals surface area contributed by atoms with Crippen LogP contribution in [0.2, 0.25) is 5.02 Å². The van der Waals surface area contributed by atoms with E-state index >= 15 is 0 Å². The van der Waals surface area contributed by atoms with Crippen molar-refractivity contribution in [2.45, 2.75) is 25.0 Å². The summed E-state index contributed by atoms with van der Waals surface area (Å²) < 4.78 is 0. The van der Waals surface area contributed by atoms with E-state index in [-0.39, 0.29) is 5.91 Å². The Balaban J connectivity index is 2.05. The maximum atomic E-state index is 12.0. The minimum Gasteiger partial charge on any atom is -0.386 e. The van der Waals surface area contributed by atoms with Crippen LogP contribution in [0.1, 0.15) is 24.5 Å². The number of carbonyl (C=O) groups is 1. The molecule has 1 fully saturated rings. The van der Waals surface area contributed by atoms with Gasteiger partial charge in [-0.25, -0.2) is 0 Å². The first-order valence-corrected chi connectivity index (χ1v) is 6.45. The Morgan fingerprint density at radius 2 is 1.83 bits per heavy atom. The molecule has 0 aromatic heterocycles. The van der Waals surface area contributed by atoms with Crippen molar-refractivity contribution in [1.82, 2.24) is 4.90 Å². The number of likely N-dealkylation sites (tertiary alicyclic amines) is 1. The Labute approximate surface area is 111 Å². The molecule has 2 atom stereocenters. The van der Waals surface area contributed by atoms with Crippen LogP contribution < -0.4 is 5.73 Å². The lowest BCUT2D eigenvalue weighted by atomic mass is 10.0. The highest BCUT2D eigenvalue weighted by Gasteiger charge is 2.29. The van der Waals surface area contributed by atoms with E-state index < -0.39 is 12.1 Å². The van der Waals surface area contributed by atoms with Gasteiger partial charge in [0.1, 0.15) is 12.1 Å². The maximum absolute atomic E-state index is 12.0. The molecule has 0 unspecified atom stereocenters. The van der Waals surface area contributed by atoms with Crippen molar-refractivity contribution >= 4 is 17.5 Å². The second-order valence-electron chi connectivity index (χ2n) is 4.55. The number of nitrogens with zero attached hydrogens (tertiary/aromatic N) is 1. The van der Waals surface area contributed by atoms with Crippen molar-refractivity contribution in [3.05, 3.63) is 34.9 Å². The van der Waals surface area contributed by atoms with Crippen molar-refractivity contribution in [1.29, 1.82) is 0 Å². The molecule has 1 aromatic carbocycles. The molecule has 1 amide bonds. The first kappa shape index (κ1) is 13.3. The lowest BCUT2D eigenvalue weighted by Crippen LogP contribution is -2.45. The normalized spacial score (nSPS) is 18.7. The van der Waals surface area contributed by atoms with Crippen LogP contribution in [0.25, 0.3) is 0 Å². The van der Waals surface area contributed by atoms with Crippen molar-refractivity contribution in [3.8, 4) is 0 Å².